The highest BCUT2D eigenvalue weighted by molar-refractivity contribution is 6.02. The molecule has 1 aromatic carbocycles. The lowest BCUT2D eigenvalue weighted by molar-refractivity contribution is -0.142. The van der Waals surface area contributed by atoms with E-state index in [1.54, 1.807) is 30.3 Å². The molecule has 4 N–H and O–H groups in total. The summed E-state index contributed by atoms with van der Waals surface area (Å²) in [6.45, 7) is 0.479. The lowest BCUT2D eigenvalue weighted by atomic mass is 10.2. The van der Waals surface area contributed by atoms with Crippen molar-refractivity contribution < 1.29 is 24.6 Å². The SMILES string of the molecule is CC(=O)NC(=Cc1ccccc1)C(=O)N[C@@H](CO)C(=O)O. The van der Waals surface area contributed by atoms with Gasteiger partial charge in [0.2, 0.25) is 5.91 Å². The van der Waals surface area contributed by atoms with Gasteiger partial charge in [-0.05, 0) is 11.6 Å². The van der Waals surface area contributed by atoms with Gasteiger partial charge in [0.25, 0.3) is 5.91 Å². The first-order chi connectivity index (χ1) is 9.93. The van der Waals surface area contributed by atoms with E-state index >= 15 is 0 Å². The van der Waals surface area contributed by atoms with Crippen LogP contribution >= 0.6 is 0 Å². The van der Waals surface area contributed by atoms with Gasteiger partial charge in [-0.1, -0.05) is 30.3 Å². The minimum absolute atomic E-state index is 0.103. The molecule has 0 saturated heterocycles. The van der Waals surface area contributed by atoms with Crippen LogP contribution in [0.5, 0.6) is 0 Å². The Balaban J connectivity index is 2.97. The Morgan fingerprint density at radius 3 is 2.33 bits per heavy atom. The van der Waals surface area contributed by atoms with Crippen molar-refractivity contribution >= 4 is 23.9 Å². The Labute approximate surface area is 121 Å². The average molecular weight is 292 g/mol. The number of carbonyl (C=O) groups excluding carboxylic acids is 2. The second-order valence-electron chi connectivity index (χ2n) is 4.20. The standard InChI is InChI=1S/C14H16N2O5/c1-9(18)15-11(7-10-5-3-2-4-6-10)13(19)16-12(8-17)14(20)21/h2-7,12,17H,8H2,1H3,(H,15,18)(H,16,19)(H,20,21)/t12-/m0/s1. The normalized spacial score (nSPS) is 12.4. The summed E-state index contributed by atoms with van der Waals surface area (Å²) in [5.74, 6) is -2.63. The van der Waals surface area contributed by atoms with Gasteiger partial charge in [-0.15, -0.1) is 0 Å². The number of carboxylic acid groups (broad SMARTS) is 1. The molecule has 1 aromatic rings. The first kappa shape index (κ1) is 16.4. The second-order valence-corrected chi connectivity index (χ2v) is 4.20. The first-order valence-electron chi connectivity index (χ1n) is 6.13. The molecule has 21 heavy (non-hydrogen) atoms. The summed E-state index contributed by atoms with van der Waals surface area (Å²) in [6, 6.07) is 7.30. The van der Waals surface area contributed by atoms with Crippen molar-refractivity contribution in [3.8, 4) is 0 Å². The van der Waals surface area contributed by atoms with Crippen LogP contribution in [0.1, 0.15) is 12.5 Å². The summed E-state index contributed by atoms with van der Waals surface area (Å²) < 4.78 is 0. The van der Waals surface area contributed by atoms with E-state index in [4.69, 9.17) is 10.2 Å². The molecule has 112 valence electrons. The van der Waals surface area contributed by atoms with E-state index in [0.29, 0.717) is 5.56 Å². The van der Waals surface area contributed by atoms with Crippen LogP contribution in [0.25, 0.3) is 6.08 Å². The number of amides is 2. The predicted molar refractivity (Wildman–Crippen MR) is 74.9 cm³/mol. The Morgan fingerprint density at radius 1 is 1.24 bits per heavy atom. The van der Waals surface area contributed by atoms with E-state index in [9.17, 15) is 14.4 Å². The number of benzene rings is 1. The Hall–Kier alpha value is -2.67. The van der Waals surface area contributed by atoms with Crippen molar-refractivity contribution in [2.75, 3.05) is 6.61 Å². The van der Waals surface area contributed by atoms with Crippen molar-refractivity contribution in [2.24, 2.45) is 0 Å². The maximum absolute atomic E-state index is 12.0. The molecule has 0 aromatic heterocycles. The highest BCUT2D eigenvalue weighted by atomic mass is 16.4. The third-order valence-electron chi connectivity index (χ3n) is 2.45. The van der Waals surface area contributed by atoms with Crippen LogP contribution in [-0.4, -0.2) is 40.6 Å². The summed E-state index contributed by atoms with van der Waals surface area (Å²) in [6.07, 6.45) is 1.41. The Kier molecular flexibility index (Phi) is 6.09. The van der Waals surface area contributed by atoms with Crippen molar-refractivity contribution in [1.29, 1.82) is 0 Å². The molecule has 0 unspecified atom stereocenters. The minimum Gasteiger partial charge on any atom is -0.480 e. The Morgan fingerprint density at radius 2 is 1.86 bits per heavy atom. The molecule has 7 heteroatoms. The summed E-state index contributed by atoms with van der Waals surface area (Å²) >= 11 is 0. The number of carbonyl (C=O) groups is 3. The molecule has 0 fully saturated rings. The third kappa shape index (κ3) is 5.45. The fourth-order valence-electron chi connectivity index (χ4n) is 1.49. The molecule has 2 amide bonds. The van der Waals surface area contributed by atoms with Gasteiger partial charge in [-0.25, -0.2) is 4.79 Å². The molecule has 1 rings (SSSR count). The summed E-state index contributed by atoms with van der Waals surface area (Å²) in [4.78, 5) is 33.9. The van der Waals surface area contributed by atoms with Crippen molar-refractivity contribution in [1.82, 2.24) is 10.6 Å². The molecule has 0 heterocycles. The largest absolute Gasteiger partial charge is 0.480 e. The first-order valence-corrected chi connectivity index (χ1v) is 6.13. The van der Waals surface area contributed by atoms with Gasteiger partial charge in [0.15, 0.2) is 6.04 Å². The van der Waals surface area contributed by atoms with E-state index in [0.717, 1.165) is 0 Å². The topological polar surface area (TPSA) is 116 Å². The smallest absolute Gasteiger partial charge is 0.328 e. The van der Waals surface area contributed by atoms with Crippen LogP contribution in [0.15, 0.2) is 36.0 Å². The van der Waals surface area contributed by atoms with Crippen molar-refractivity contribution in [2.45, 2.75) is 13.0 Å². The summed E-state index contributed by atoms with van der Waals surface area (Å²) in [5, 5.41) is 22.1. The molecule has 0 aliphatic heterocycles. The van der Waals surface area contributed by atoms with Gasteiger partial charge in [0, 0.05) is 6.92 Å². The van der Waals surface area contributed by atoms with E-state index in [-0.39, 0.29) is 5.70 Å². The molecular weight excluding hydrogens is 276 g/mol. The van der Waals surface area contributed by atoms with E-state index in [1.807, 2.05) is 0 Å². The number of aliphatic carboxylic acids is 1. The van der Waals surface area contributed by atoms with Crippen LogP contribution in [-0.2, 0) is 14.4 Å². The molecule has 0 saturated carbocycles. The van der Waals surface area contributed by atoms with Crippen molar-refractivity contribution in [3.63, 3.8) is 0 Å². The number of carboxylic acids is 1. The molecule has 0 aliphatic rings. The number of aliphatic hydroxyl groups excluding tert-OH is 1. The van der Waals surface area contributed by atoms with Crippen molar-refractivity contribution in [3.05, 3.63) is 41.6 Å². The molecule has 0 radical (unpaired) electrons. The number of rotatable bonds is 6. The van der Waals surface area contributed by atoms with Crippen LogP contribution in [0, 0.1) is 0 Å². The quantitative estimate of drug-likeness (QED) is 0.538. The maximum atomic E-state index is 12.0. The van der Waals surface area contributed by atoms with Crippen LogP contribution < -0.4 is 10.6 Å². The molecular formula is C14H16N2O5. The number of hydrogen-bond acceptors (Lipinski definition) is 4. The van der Waals surface area contributed by atoms with Crippen LogP contribution in [0.3, 0.4) is 0 Å². The maximum Gasteiger partial charge on any atom is 0.328 e. The lowest BCUT2D eigenvalue weighted by Crippen LogP contribution is -2.46. The molecule has 0 bridgehead atoms. The summed E-state index contributed by atoms with van der Waals surface area (Å²) in [5.41, 5.74) is 0.556. The fourth-order valence-corrected chi connectivity index (χ4v) is 1.49. The predicted octanol–water partition coefficient (Wildman–Crippen LogP) is -0.275. The van der Waals surface area contributed by atoms with Gasteiger partial charge in [0.05, 0.1) is 6.61 Å². The van der Waals surface area contributed by atoms with Crippen LogP contribution in [0.4, 0.5) is 0 Å². The van der Waals surface area contributed by atoms with Gasteiger partial charge >= 0.3 is 5.97 Å². The Bertz CT molecular complexity index is 554. The third-order valence-corrected chi connectivity index (χ3v) is 2.45. The van der Waals surface area contributed by atoms with Gasteiger partial charge < -0.3 is 20.8 Å². The lowest BCUT2D eigenvalue weighted by Gasteiger charge is -2.14. The average Bonchev–Trinajstić information content (AvgIpc) is 2.44. The monoisotopic (exact) mass is 292 g/mol. The molecule has 0 aliphatic carbocycles. The van der Waals surface area contributed by atoms with E-state index in [1.165, 1.54) is 13.0 Å². The number of nitrogens with one attached hydrogen (secondary N) is 2. The van der Waals surface area contributed by atoms with Crippen LogP contribution in [0.2, 0.25) is 0 Å². The second kappa shape index (κ2) is 7.81. The minimum atomic E-state index is -1.44. The number of hydrogen-bond donors (Lipinski definition) is 4. The molecule has 7 nitrogen and oxygen atoms in total. The van der Waals surface area contributed by atoms with E-state index in [2.05, 4.69) is 10.6 Å². The highest BCUT2D eigenvalue weighted by Gasteiger charge is 2.21. The van der Waals surface area contributed by atoms with Gasteiger partial charge in [-0.2, -0.15) is 0 Å². The molecule has 0 spiro atoms. The highest BCUT2D eigenvalue weighted by Crippen LogP contribution is 2.05. The zero-order valence-electron chi connectivity index (χ0n) is 11.4. The van der Waals surface area contributed by atoms with E-state index < -0.39 is 30.4 Å². The van der Waals surface area contributed by atoms with Gasteiger partial charge in [0.1, 0.15) is 5.70 Å². The molecule has 1 atom stereocenters. The van der Waals surface area contributed by atoms with Gasteiger partial charge in [-0.3, -0.25) is 9.59 Å². The fraction of sp³-hybridized carbons (Fsp3) is 0.214. The zero-order valence-corrected chi connectivity index (χ0v) is 11.4. The zero-order chi connectivity index (χ0) is 15.8. The number of aliphatic hydroxyl groups is 1. The summed E-state index contributed by atoms with van der Waals surface area (Å²) in [7, 11) is 0.